The second-order valence-electron chi connectivity index (χ2n) is 7.00. The molecule has 0 unspecified atom stereocenters. The zero-order chi connectivity index (χ0) is 22.7. The van der Waals surface area contributed by atoms with Crippen LogP contribution in [0.3, 0.4) is 0 Å². The molecule has 9 nitrogen and oxygen atoms in total. The molecule has 0 atom stereocenters. The average molecular weight is 473 g/mol. The summed E-state index contributed by atoms with van der Waals surface area (Å²) in [4.78, 5) is 34.6. The number of benzene rings is 1. The summed E-state index contributed by atoms with van der Waals surface area (Å²) in [6.45, 7) is 0.798. The van der Waals surface area contributed by atoms with Crippen LogP contribution in [0, 0.1) is 0 Å². The Hall–Kier alpha value is -3.15. The first-order valence-corrected chi connectivity index (χ1v) is 12.1. The molecule has 166 valence electrons. The quantitative estimate of drug-likeness (QED) is 0.523. The Balaban J connectivity index is 1.40. The van der Waals surface area contributed by atoms with Crippen molar-refractivity contribution in [3.63, 3.8) is 0 Å². The summed E-state index contributed by atoms with van der Waals surface area (Å²) < 4.78 is 31.8. The van der Waals surface area contributed by atoms with Crippen LogP contribution in [-0.4, -0.2) is 72.8 Å². The van der Waals surface area contributed by atoms with Crippen molar-refractivity contribution in [2.24, 2.45) is 0 Å². The van der Waals surface area contributed by atoms with Crippen molar-refractivity contribution in [3.8, 4) is 11.4 Å². The summed E-state index contributed by atoms with van der Waals surface area (Å²) in [6, 6.07) is 10.8. The molecule has 1 aromatic carbocycles. The van der Waals surface area contributed by atoms with E-state index in [2.05, 4.69) is 14.7 Å². The van der Waals surface area contributed by atoms with Crippen molar-refractivity contribution < 1.29 is 22.7 Å². The lowest BCUT2D eigenvalue weighted by Gasteiger charge is -2.33. The van der Waals surface area contributed by atoms with Gasteiger partial charge >= 0.3 is 5.97 Å². The van der Waals surface area contributed by atoms with Crippen LogP contribution in [0.4, 0.5) is 0 Å². The van der Waals surface area contributed by atoms with E-state index in [9.17, 15) is 18.0 Å². The number of amides is 1. The lowest BCUT2D eigenvalue weighted by Crippen LogP contribution is -2.50. The van der Waals surface area contributed by atoms with Crippen molar-refractivity contribution in [2.45, 2.75) is 4.21 Å². The van der Waals surface area contributed by atoms with Crippen LogP contribution in [-0.2, 0) is 14.8 Å². The number of carbonyl (C=O) groups is 2. The molecular weight excluding hydrogens is 452 g/mol. The standard InChI is InChI=1S/C21H20N4O5S2/c1-30-21(27)16-11-18(31-14-16)32(28,29)25-9-7-24(8-10-25)20(26)17-12-22-19(23-13-17)15-5-3-2-4-6-15/h2-6,11-14H,7-10H2,1H3. The van der Waals surface area contributed by atoms with E-state index >= 15 is 0 Å². The second-order valence-corrected chi connectivity index (χ2v) is 10.1. The largest absolute Gasteiger partial charge is 0.465 e. The monoisotopic (exact) mass is 472 g/mol. The molecule has 3 aromatic rings. The van der Waals surface area contributed by atoms with Crippen LogP contribution >= 0.6 is 11.3 Å². The minimum Gasteiger partial charge on any atom is -0.465 e. The third kappa shape index (κ3) is 4.40. The van der Waals surface area contributed by atoms with Crippen molar-refractivity contribution >= 4 is 33.2 Å². The number of piperazine rings is 1. The van der Waals surface area contributed by atoms with Gasteiger partial charge in [-0.15, -0.1) is 11.3 Å². The van der Waals surface area contributed by atoms with E-state index < -0.39 is 16.0 Å². The number of aromatic nitrogens is 2. The minimum absolute atomic E-state index is 0.0718. The first-order valence-electron chi connectivity index (χ1n) is 9.74. The SMILES string of the molecule is COC(=O)c1csc(S(=O)(=O)N2CCN(C(=O)c3cnc(-c4ccccc4)nc3)CC2)c1. The number of carbonyl (C=O) groups excluding carboxylic acids is 2. The highest BCUT2D eigenvalue weighted by molar-refractivity contribution is 7.91. The predicted molar refractivity (Wildman–Crippen MR) is 118 cm³/mol. The fourth-order valence-corrected chi connectivity index (χ4v) is 6.02. The highest BCUT2D eigenvalue weighted by atomic mass is 32.2. The highest BCUT2D eigenvalue weighted by Gasteiger charge is 2.32. The first kappa shape index (κ1) is 22.1. The third-order valence-electron chi connectivity index (χ3n) is 5.05. The van der Waals surface area contributed by atoms with Crippen molar-refractivity contribution in [2.75, 3.05) is 33.3 Å². The number of hydrogen-bond acceptors (Lipinski definition) is 8. The Bertz CT molecular complexity index is 1220. The maximum Gasteiger partial charge on any atom is 0.338 e. The number of hydrogen-bond donors (Lipinski definition) is 0. The molecule has 0 radical (unpaired) electrons. The van der Waals surface area contributed by atoms with Gasteiger partial charge in [0.2, 0.25) is 0 Å². The number of ether oxygens (including phenoxy) is 1. The summed E-state index contributed by atoms with van der Waals surface area (Å²) in [7, 11) is -2.51. The Labute approximate surface area is 189 Å². The van der Waals surface area contributed by atoms with Crippen LogP contribution < -0.4 is 0 Å². The molecule has 32 heavy (non-hydrogen) atoms. The van der Waals surface area contributed by atoms with Crippen molar-refractivity contribution in [1.29, 1.82) is 0 Å². The lowest BCUT2D eigenvalue weighted by atomic mass is 10.2. The topological polar surface area (TPSA) is 110 Å². The van der Waals surface area contributed by atoms with Gasteiger partial charge in [0.05, 0.1) is 18.2 Å². The second kappa shape index (κ2) is 9.15. The molecule has 0 aliphatic carbocycles. The van der Waals surface area contributed by atoms with Crippen LogP contribution in [0.5, 0.6) is 0 Å². The molecule has 1 aliphatic heterocycles. The molecule has 1 amide bonds. The summed E-state index contributed by atoms with van der Waals surface area (Å²) in [5.74, 6) is -0.301. The third-order valence-corrected chi connectivity index (χ3v) is 8.36. The fourth-order valence-electron chi connectivity index (χ4n) is 3.29. The molecular formula is C21H20N4O5S2. The molecule has 0 saturated carbocycles. The van der Waals surface area contributed by atoms with Crippen molar-refractivity contribution in [3.05, 3.63) is 65.3 Å². The van der Waals surface area contributed by atoms with E-state index in [0.29, 0.717) is 11.4 Å². The van der Waals surface area contributed by atoms with E-state index in [-0.39, 0.29) is 41.9 Å². The molecule has 1 fully saturated rings. The first-order chi connectivity index (χ1) is 15.4. The number of thiophene rings is 1. The number of methoxy groups -OCH3 is 1. The van der Waals surface area contributed by atoms with Gasteiger partial charge in [-0.05, 0) is 6.07 Å². The Morgan fingerprint density at radius 3 is 2.28 bits per heavy atom. The van der Waals surface area contributed by atoms with E-state index in [4.69, 9.17) is 0 Å². The molecule has 3 heterocycles. The highest BCUT2D eigenvalue weighted by Crippen LogP contribution is 2.25. The van der Waals surface area contributed by atoms with Gasteiger partial charge in [-0.25, -0.2) is 23.2 Å². The van der Waals surface area contributed by atoms with E-state index in [0.717, 1.165) is 16.9 Å². The van der Waals surface area contributed by atoms with Crippen LogP contribution in [0.15, 0.2) is 58.4 Å². The lowest BCUT2D eigenvalue weighted by molar-refractivity contribution is 0.0600. The average Bonchev–Trinajstić information content (AvgIpc) is 3.35. The molecule has 4 rings (SSSR count). The van der Waals surface area contributed by atoms with Gasteiger partial charge in [0, 0.05) is 49.5 Å². The molecule has 11 heteroatoms. The molecule has 0 spiro atoms. The summed E-state index contributed by atoms with van der Waals surface area (Å²) >= 11 is 0.970. The van der Waals surface area contributed by atoms with Gasteiger partial charge in [0.15, 0.2) is 5.82 Å². The maximum atomic E-state index is 12.9. The maximum absolute atomic E-state index is 12.9. The molecule has 0 N–H and O–H groups in total. The summed E-state index contributed by atoms with van der Waals surface area (Å²) in [5.41, 5.74) is 1.40. The van der Waals surface area contributed by atoms with Gasteiger partial charge in [-0.2, -0.15) is 4.31 Å². The summed E-state index contributed by atoms with van der Waals surface area (Å²) in [5, 5.41) is 1.46. The predicted octanol–water partition coefficient (Wildman–Crippen LogP) is 2.14. The summed E-state index contributed by atoms with van der Waals surface area (Å²) in [6.07, 6.45) is 2.97. The molecule has 1 aliphatic rings. The zero-order valence-electron chi connectivity index (χ0n) is 17.2. The molecule has 1 saturated heterocycles. The molecule has 0 bridgehead atoms. The van der Waals surface area contributed by atoms with Gasteiger partial charge in [0.25, 0.3) is 15.9 Å². The van der Waals surface area contributed by atoms with Crippen molar-refractivity contribution in [1.82, 2.24) is 19.2 Å². The van der Waals surface area contributed by atoms with Crippen LogP contribution in [0.1, 0.15) is 20.7 Å². The number of rotatable bonds is 5. The Kier molecular flexibility index (Phi) is 6.31. The number of nitrogens with zero attached hydrogens (tertiary/aromatic N) is 4. The normalized spacial score (nSPS) is 14.8. The zero-order valence-corrected chi connectivity index (χ0v) is 18.8. The van der Waals surface area contributed by atoms with E-state index in [1.807, 2.05) is 30.3 Å². The van der Waals surface area contributed by atoms with E-state index in [1.165, 1.54) is 35.3 Å². The number of esters is 1. The van der Waals surface area contributed by atoms with Gasteiger partial charge in [0.1, 0.15) is 4.21 Å². The minimum atomic E-state index is -3.75. The number of sulfonamides is 1. The van der Waals surface area contributed by atoms with E-state index in [1.54, 1.807) is 4.90 Å². The smallest absolute Gasteiger partial charge is 0.338 e. The fraction of sp³-hybridized carbons (Fsp3) is 0.238. The molecule has 2 aromatic heterocycles. The Morgan fingerprint density at radius 2 is 1.66 bits per heavy atom. The van der Waals surface area contributed by atoms with Gasteiger partial charge < -0.3 is 9.64 Å². The van der Waals surface area contributed by atoms with Gasteiger partial charge in [-0.3, -0.25) is 4.79 Å². The van der Waals surface area contributed by atoms with Crippen LogP contribution in [0.25, 0.3) is 11.4 Å². The van der Waals surface area contributed by atoms with Crippen LogP contribution in [0.2, 0.25) is 0 Å². The Morgan fingerprint density at radius 1 is 1.00 bits per heavy atom. The van der Waals surface area contributed by atoms with Gasteiger partial charge in [-0.1, -0.05) is 30.3 Å².